The van der Waals surface area contributed by atoms with E-state index in [0.29, 0.717) is 0 Å². The lowest BCUT2D eigenvalue weighted by Gasteiger charge is -2.36. The molecule has 122 valence electrons. The molecule has 2 N–H and O–H groups in total. The van der Waals surface area contributed by atoms with E-state index in [4.69, 9.17) is 0 Å². The van der Waals surface area contributed by atoms with Crippen molar-refractivity contribution in [3.05, 3.63) is 23.8 Å². The van der Waals surface area contributed by atoms with Crippen molar-refractivity contribution >= 4 is 29.7 Å². The van der Waals surface area contributed by atoms with Gasteiger partial charge >= 0.3 is 0 Å². The van der Waals surface area contributed by atoms with Crippen molar-refractivity contribution in [1.29, 1.82) is 0 Å². The molecule has 3 rings (SSSR count). The Morgan fingerprint density at radius 1 is 1.36 bits per heavy atom. The normalized spacial score (nSPS) is 18.3. The molecule has 0 saturated carbocycles. The van der Waals surface area contributed by atoms with Crippen LogP contribution in [0.2, 0.25) is 0 Å². The molecule has 1 aromatic rings. The van der Waals surface area contributed by atoms with Gasteiger partial charge in [0.15, 0.2) is 0 Å². The van der Waals surface area contributed by atoms with Crippen molar-refractivity contribution in [2.24, 2.45) is 5.92 Å². The summed E-state index contributed by atoms with van der Waals surface area (Å²) >= 11 is 0. The summed E-state index contributed by atoms with van der Waals surface area (Å²) in [4.78, 5) is 13.9. The number of carbonyl (C=O) groups is 1. The van der Waals surface area contributed by atoms with Gasteiger partial charge in [-0.05, 0) is 62.4 Å². The highest BCUT2D eigenvalue weighted by molar-refractivity contribution is 5.90. The first-order chi connectivity index (χ1) is 10.2. The van der Waals surface area contributed by atoms with Crippen LogP contribution in [-0.2, 0) is 11.2 Å². The van der Waals surface area contributed by atoms with E-state index in [-0.39, 0.29) is 18.3 Å². The number of hydrogen-bond donors (Lipinski definition) is 2. The highest BCUT2D eigenvalue weighted by Crippen LogP contribution is 2.33. The zero-order chi connectivity index (χ0) is 14.7. The minimum atomic E-state index is 0. The molecule has 2 aliphatic heterocycles. The zero-order valence-electron chi connectivity index (χ0n) is 13.2. The summed E-state index contributed by atoms with van der Waals surface area (Å²) in [7, 11) is 0. The van der Waals surface area contributed by atoms with Gasteiger partial charge in [-0.25, -0.2) is 0 Å². The molecule has 0 unspecified atom stereocenters. The Kier molecular flexibility index (Phi) is 6.09. The molecule has 22 heavy (non-hydrogen) atoms. The highest BCUT2D eigenvalue weighted by Gasteiger charge is 2.23. The quantitative estimate of drug-likeness (QED) is 0.899. The number of fused-ring (bicyclic) bond motifs is 1. The predicted octanol–water partition coefficient (Wildman–Crippen LogP) is 2.82. The highest BCUT2D eigenvalue weighted by atomic mass is 35.5. The first kappa shape index (κ1) is 17.1. The van der Waals surface area contributed by atoms with Gasteiger partial charge in [0.05, 0.1) is 0 Å². The number of hydrogen-bond acceptors (Lipinski definition) is 3. The molecule has 5 heteroatoms. The molecule has 0 aromatic heterocycles. The molecule has 0 spiro atoms. The van der Waals surface area contributed by atoms with Gasteiger partial charge in [-0.2, -0.15) is 0 Å². The van der Waals surface area contributed by atoms with Crippen molar-refractivity contribution in [2.45, 2.75) is 32.6 Å². The summed E-state index contributed by atoms with van der Waals surface area (Å²) < 4.78 is 0. The second kappa shape index (κ2) is 7.84. The summed E-state index contributed by atoms with van der Waals surface area (Å²) in [6.07, 6.45) is 4.79. The van der Waals surface area contributed by atoms with Gasteiger partial charge in [0.1, 0.15) is 0 Å². The minimum absolute atomic E-state index is 0. The van der Waals surface area contributed by atoms with Crippen molar-refractivity contribution in [3.63, 3.8) is 0 Å². The SMILES string of the molecule is CC(=O)Nc1cccc2c1CCCN2CC1CCNCC1.Cl. The molecule has 1 aromatic carbocycles. The molecular weight excluding hydrogens is 298 g/mol. The maximum absolute atomic E-state index is 11.4. The number of piperidine rings is 1. The van der Waals surface area contributed by atoms with E-state index in [0.717, 1.165) is 44.2 Å². The molecule has 1 fully saturated rings. The van der Waals surface area contributed by atoms with E-state index < -0.39 is 0 Å². The number of rotatable bonds is 3. The Hall–Kier alpha value is -1.26. The second-order valence-corrected chi connectivity index (χ2v) is 6.23. The van der Waals surface area contributed by atoms with Crippen LogP contribution in [0.25, 0.3) is 0 Å². The molecule has 0 atom stereocenters. The van der Waals surface area contributed by atoms with Crippen LogP contribution in [0.3, 0.4) is 0 Å². The predicted molar refractivity (Wildman–Crippen MR) is 94.1 cm³/mol. The summed E-state index contributed by atoms with van der Waals surface area (Å²) in [5.74, 6) is 0.806. The third-order valence-electron chi connectivity index (χ3n) is 4.59. The van der Waals surface area contributed by atoms with Gasteiger partial charge in [-0.1, -0.05) is 6.07 Å². The minimum Gasteiger partial charge on any atom is -0.371 e. The van der Waals surface area contributed by atoms with Crippen molar-refractivity contribution < 1.29 is 4.79 Å². The van der Waals surface area contributed by atoms with Gasteiger partial charge in [-0.3, -0.25) is 4.79 Å². The van der Waals surface area contributed by atoms with E-state index in [1.54, 1.807) is 6.92 Å². The summed E-state index contributed by atoms with van der Waals surface area (Å²) in [6, 6.07) is 6.29. The molecule has 2 aliphatic rings. The van der Waals surface area contributed by atoms with Crippen LogP contribution < -0.4 is 15.5 Å². The van der Waals surface area contributed by atoms with E-state index >= 15 is 0 Å². The monoisotopic (exact) mass is 323 g/mol. The number of anilines is 2. The fraction of sp³-hybridized carbons (Fsp3) is 0.588. The molecule has 0 aliphatic carbocycles. The lowest BCUT2D eigenvalue weighted by Crippen LogP contribution is -2.38. The fourth-order valence-corrected chi connectivity index (χ4v) is 3.57. The first-order valence-electron chi connectivity index (χ1n) is 8.09. The zero-order valence-corrected chi connectivity index (χ0v) is 14.0. The molecular formula is C17H26ClN3O. The van der Waals surface area contributed by atoms with Crippen molar-refractivity contribution in [3.8, 4) is 0 Å². The van der Waals surface area contributed by atoms with Gasteiger partial charge in [0, 0.05) is 31.4 Å². The lowest BCUT2D eigenvalue weighted by atomic mass is 9.94. The molecule has 4 nitrogen and oxygen atoms in total. The number of halogens is 1. The molecule has 1 saturated heterocycles. The van der Waals surface area contributed by atoms with E-state index in [1.807, 2.05) is 6.07 Å². The smallest absolute Gasteiger partial charge is 0.221 e. The molecule has 1 amide bonds. The standard InChI is InChI=1S/C17H25N3O.ClH/c1-13(21)19-16-5-2-6-17-15(16)4-3-11-20(17)12-14-7-9-18-10-8-14;/h2,5-6,14,18H,3-4,7-12H2,1H3,(H,19,21);1H. The topological polar surface area (TPSA) is 44.4 Å². The van der Waals surface area contributed by atoms with E-state index in [9.17, 15) is 4.79 Å². The van der Waals surface area contributed by atoms with E-state index in [1.165, 1.54) is 30.5 Å². The maximum atomic E-state index is 11.4. The largest absolute Gasteiger partial charge is 0.371 e. The van der Waals surface area contributed by atoms with Gasteiger partial charge in [0.2, 0.25) is 5.91 Å². The van der Waals surface area contributed by atoms with Gasteiger partial charge < -0.3 is 15.5 Å². The van der Waals surface area contributed by atoms with E-state index in [2.05, 4.69) is 27.7 Å². The number of amides is 1. The average molecular weight is 324 g/mol. The van der Waals surface area contributed by atoms with Crippen LogP contribution in [0.15, 0.2) is 18.2 Å². The van der Waals surface area contributed by atoms with Crippen molar-refractivity contribution in [1.82, 2.24) is 5.32 Å². The fourth-order valence-electron chi connectivity index (χ4n) is 3.57. The first-order valence-corrected chi connectivity index (χ1v) is 8.09. The number of carbonyl (C=O) groups excluding carboxylic acids is 1. The number of nitrogens with one attached hydrogen (secondary N) is 2. The summed E-state index contributed by atoms with van der Waals surface area (Å²) in [5.41, 5.74) is 3.63. The maximum Gasteiger partial charge on any atom is 0.221 e. The third kappa shape index (κ3) is 3.93. The lowest BCUT2D eigenvalue weighted by molar-refractivity contribution is -0.114. The molecule has 0 radical (unpaired) electrons. The molecule has 2 heterocycles. The van der Waals surface area contributed by atoms with Crippen LogP contribution in [0.5, 0.6) is 0 Å². The summed E-state index contributed by atoms with van der Waals surface area (Å²) in [5, 5.41) is 6.42. The Labute approximate surface area is 139 Å². The average Bonchev–Trinajstić information content (AvgIpc) is 2.49. The van der Waals surface area contributed by atoms with Crippen molar-refractivity contribution in [2.75, 3.05) is 36.4 Å². The second-order valence-electron chi connectivity index (χ2n) is 6.23. The number of nitrogens with zero attached hydrogens (tertiary/aromatic N) is 1. The van der Waals surface area contributed by atoms with Gasteiger partial charge in [0.25, 0.3) is 0 Å². The number of benzene rings is 1. The van der Waals surface area contributed by atoms with Crippen LogP contribution in [-0.4, -0.2) is 32.1 Å². The van der Waals surface area contributed by atoms with Crippen LogP contribution >= 0.6 is 12.4 Å². The van der Waals surface area contributed by atoms with Gasteiger partial charge in [-0.15, -0.1) is 12.4 Å². The van der Waals surface area contributed by atoms with Crippen LogP contribution in [0, 0.1) is 5.92 Å². The van der Waals surface area contributed by atoms with Crippen LogP contribution in [0.1, 0.15) is 31.7 Å². The molecule has 0 bridgehead atoms. The Balaban J connectivity index is 0.00000176. The Bertz CT molecular complexity index is 515. The Morgan fingerprint density at radius 3 is 2.86 bits per heavy atom. The van der Waals surface area contributed by atoms with Crippen LogP contribution in [0.4, 0.5) is 11.4 Å². The Morgan fingerprint density at radius 2 is 2.14 bits per heavy atom. The summed E-state index contributed by atoms with van der Waals surface area (Å²) in [6.45, 7) is 6.17. The third-order valence-corrected chi connectivity index (χ3v) is 4.59.